The summed E-state index contributed by atoms with van der Waals surface area (Å²) in [6.45, 7) is 1.90. The molecule has 1 N–H and O–H groups in total. The molecule has 0 aromatic heterocycles. The summed E-state index contributed by atoms with van der Waals surface area (Å²) >= 11 is 6.17. The van der Waals surface area contributed by atoms with Gasteiger partial charge in [-0.3, -0.25) is 0 Å². The van der Waals surface area contributed by atoms with Crippen molar-refractivity contribution in [2.75, 3.05) is 14.2 Å². The van der Waals surface area contributed by atoms with E-state index >= 15 is 0 Å². The Bertz CT molecular complexity index is 615. The van der Waals surface area contributed by atoms with Crippen LogP contribution in [0.25, 0.3) is 0 Å². The van der Waals surface area contributed by atoms with Crippen LogP contribution in [0, 0.1) is 12.7 Å². The van der Waals surface area contributed by atoms with Gasteiger partial charge in [-0.05, 0) is 54.9 Å². The third-order valence-corrected chi connectivity index (χ3v) is 3.64. The molecule has 106 valence electrons. The van der Waals surface area contributed by atoms with Gasteiger partial charge < -0.3 is 10.1 Å². The van der Waals surface area contributed by atoms with Crippen molar-refractivity contribution in [2.24, 2.45) is 0 Å². The van der Waals surface area contributed by atoms with Gasteiger partial charge in [-0.15, -0.1) is 0 Å². The second-order valence-corrected chi connectivity index (χ2v) is 5.02. The maximum absolute atomic E-state index is 13.2. The lowest BCUT2D eigenvalue weighted by Gasteiger charge is -2.20. The molecule has 0 aliphatic heterocycles. The van der Waals surface area contributed by atoms with Crippen molar-refractivity contribution in [3.8, 4) is 5.75 Å². The SMILES string of the molecule is CNC(c1ccc(OC)c(Cl)c1)c1ccc(F)cc1C. The standard InChI is InChI=1S/C16H17ClFNO/c1-10-8-12(18)5-6-13(10)16(19-2)11-4-7-15(20-3)14(17)9-11/h4-9,16,19H,1-3H3. The van der Waals surface area contributed by atoms with Crippen molar-refractivity contribution >= 4 is 11.6 Å². The minimum atomic E-state index is -0.228. The maximum Gasteiger partial charge on any atom is 0.137 e. The first-order valence-electron chi connectivity index (χ1n) is 6.33. The molecule has 0 saturated carbocycles. The quantitative estimate of drug-likeness (QED) is 0.916. The van der Waals surface area contributed by atoms with E-state index in [-0.39, 0.29) is 11.9 Å². The first-order chi connectivity index (χ1) is 9.56. The summed E-state index contributed by atoms with van der Waals surface area (Å²) in [5.74, 6) is 0.412. The van der Waals surface area contributed by atoms with Crippen LogP contribution >= 0.6 is 11.6 Å². The maximum atomic E-state index is 13.2. The predicted octanol–water partition coefficient (Wildman–Crippen LogP) is 4.10. The number of aryl methyl sites for hydroxylation is 1. The number of hydrogen-bond donors (Lipinski definition) is 1. The predicted molar refractivity (Wildman–Crippen MR) is 80.0 cm³/mol. The molecule has 0 amide bonds. The summed E-state index contributed by atoms with van der Waals surface area (Å²) in [7, 11) is 3.45. The zero-order valence-electron chi connectivity index (χ0n) is 11.7. The zero-order valence-corrected chi connectivity index (χ0v) is 12.5. The van der Waals surface area contributed by atoms with E-state index in [1.54, 1.807) is 13.2 Å². The van der Waals surface area contributed by atoms with Crippen molar-refractivity contribution in [1.29, 1.82) is 0 Å². The largest absolute Gasteiger partial charge is 0.495 e. The van der Waals surface area contributed by atoms with Crippen LogP contribution < -0.4 is 10.1 Å². The summed E-state index contributed by atoms with van der Waals surface area (Å²) in [5, 5.41) is 3.80. The van der Waals surface area contributed by atoms with Crippen LogP contribution in [0.15, 0.2) is 36.4 Å². The number of rotatable bonds is 4. The second-order valence-electron chi connectivity index (χ2n) is 4.62. The van der Waals surface area contributed by atoms with Crippen molar-refractivity contribution in [3.63, 3.8) is 0 Å². The molecule has 4 heteroatoms. The lowest BCUT2D eigenvalue weighted by Crippen LogP contribution is -2.18. The van der Waals surface area contributed by atoms with E-state index in [0.29, 0.717) is 10.8 Å². The van der Waals surface area contributed by atoms with Gasteiger partial charge >= 0.3 is 0 Å². The minimum Gasteiger partial charge on any atom is -0.495 e. The number of benzene rings is 2. The van der Waals surface area contributed by atoms with Gasteiger partial charge in [0.2, 0.25) is 0 Å². The molecule has 0 spiro atoms. The van der Waals surface area contributed by atoms with Gasteiger partial charge in [0.05, 0.1) is 18.2 Å². The van der Waals surface area contributed by atoms with Gasteiger partial charge in [-0.2, -0.15) is 0 Å². The van der Waals surface area contributed by atoms with E-state index in [0.717, 1.165) is 16.7 Å². The fourth-order valence-corrected chi connectivity index (χ4v) is 2.59. The molecule has 0 saturated heterocycles. The molecule has 0 heterocycles. The Morgan fingerprint density at radius 3 is 2.50 bits per heavy atom. The molecule has 2 aromatic rings. The zero-order chi connectivity index (χ0) is 14.7. The second kappa shape index (κ2) is 6.25. The molecule has 1 unspecified atom stereocenters. The fourth-order valence-electron chi connectivity index (χ4n) is 2.33. The van der Waals surface area contributed by atoms with Crippen molar-refractivity contribution in [1.82, 2.24) is 5.32 Å². The third-order valence-electron chi connectivity index (χ3n) is 3.34. The number of nitrogens with one attached hydrogen (secondary N) is 1. The van der Waals surface area contributed by atoms with E-state index in [4.69, 9.17) is 16.3 Å². The third kappa shape index (κ3) is 2.94. The van der Waals surface area contributed by atoms with Crippen LogP contribution in [0.3, 0.4) is 0 Å². The van der Waals surface area contributed by atoms with Gasteiger partial charge in [-0.25, -0.2) is 4.39 Å². The Morgan fingerprint density at radius 2 is 1.95 bits per heavy atom. The summed E-state index contributed by atoms with van der Waals surface area (Å²) in [4.78, 5) is 0. The Balaban J connectivity index is 2.44. The highest BCUT2D eigenvalue weighted by molar-refractivity contribution is 6.32. The van der Waals surface area contributed by atoms with Crippen LogP contribution in [0.5, 0.6) is 5.75 Å². The van der Waals surface area contributed by atoms with E-state index in [9.17, 15) is 4.39 Å². The van der Waals surface area contributed by atoms with Gasteiger partial charge in [0.15, 0.2) is 0 Å². The smallest absolute Gasteiger partial charge is 0.137 e. The van der Waals surface area contributed by atoms with Crippen molar-refractivity contribution in [3.05, 3.63) is 63.9 Å². The highest BCUT2D eigenvalue weighted by Crippen LogP contribution is 2.31. The molecule has 2 aromatic carbocycles. The van der Waals surface area contributed by atoms with Crippen LogP contribution in [-0.2, 0) is 0 Å². The summed E-state index contributed by atoms with van der Waals surface area (Å²) in [5.41, 5.74) is 2.93. The van der Waals surface area contributed by atoms with Gasteiger partial charge in [0.25, 0.3) is 0 Å². The van der Waals surface area contributed by atoms with Gasteiger partial charge in [-0.1, -0.05) is 23.7 Å². The molecule has 0 aliphatic carbocycles. The first-order valence-corrected chi connectivity index (χ1v) is 6.71. The summed E-state index contributed by atoms with van der Waals surface area (Å²) < 4.78 is 18.4. The van der Waals surface area contributed by atoms with Crippen molar-refractivity contribution in [2.45, 2.75) is 13.0 Å². The van der Waals surface area contributed by atoms with Crippen LogP contribution in [0.1, 0.15) is 22.7 Å². The average Bonchev–Trinajstić information content (AvgIpc) is 2.42. The Labute approximate surface area is 123 Å². The van der Waals surface area contributed by atoms with Gasteiger partial charge in [0, 0.05) is 0 Å². The van der Waals surface area contributed by atoms with E-state index < -0.39 is 0 Å². The Hall–Kier alpha value is -1.58. The number of hydrogen-bond acceptors (Lipinski definition) is 2. The highest BCUT2D eigenvalue weighted by Gasteiger charge is 2.16. The monoisotopic (exact) mass is 293 g/mol. The molecule has 0 radical (unpaired) electrons. The molecular weight excluding hydrogens is 277 g/mol. The highest BCUT2D eigenvalue weighted by atomic mass is 35.5. The van der Waals surface area contributed by atoms with Crippen LogP contribution in [-0.4, -0.2) is 14.2 Å². The molecule has 0 aliphatic rings. The summed E-state index contributed by atoms with van der Waals surface area (Å²) in [6, 6.07) is 10.4. The fraction of sp³-hybridized carbons (Fsp3) is 0.250. The van der Waals surface area contributed by atoms with E-state index in [2.05, 4.69) is 5.32 Å². The molecule has 1 atom stereocenters. The molecule has 0 bridgehead atoms. The molecule has 0 fully saturated rings. The van der Waals surface area contributed by atoms with Crippen LogP contribution in [0.2, 0.25) is 5.02 Å². The molecule has 2 rings (SSSR count). The molecule has 2 nitrogen and oxygen atoms in total. The lowest BCUT2D eigenvalue weighted by atomic mass is 9.95. The van der Waals surface area contributed by atoms with Crippen LogP contribution in [0.4, 0.5) is 4.39 Å². The Morgan fingerprint density at radius 1 is 1.20 bits per heavy atom. The molecular formula is C16H17ClFNO. The number of halogens is 2. The van der Waals surface area contributed by atoms with Crippen molar-refractivity contribution < 1.29 is 9.13 Å². The number of methoxy groups -OCH3 is 1. The van der Waals surface area contributed by atoms with E-state index in [1.807, 2.05) is 32.2 Å². The summed E-state index contributed by atoms with van der Waals surface area (Å²) in [6.07, 6.45) is 0. The Kier molecular flexibility index (Phi) is 4.63. The topological polar surface area (TPSA) is 21.3 Å². The first kappa shape index (κ1) is 14.8. The lowest BCUT2D eigenvalue weighted by molar-refractivity contribution is 0.414. The average molecular weight is 294 g/mol. The molecule has 20 heavy (non-hydrogen) atoms. The normalized spacial score (nSPS) is 12.2. The van der Waals surface area contributed by atoms with Gasteiger partial charge in [0.1, 0.15) is 11.6 Å². The number of ether oxygens (including phenoxy) is 1. The minimum absolute atomic E-state index is 0.0426. The van der Waals surface area contributed by atoms with E-state index in [1.165, 1.54) is 12.1 Å².